The van der Waals surface area contributed by atoms with Gasteiger partial charge in [-0.25, -0.2) is 9.97 Å². The molecule has 0 bridgehead atoms. The second kappa shape index (κ2) is 11.4. The number of ether oxygens (including phenoxy) is 2. The van der Waals surface area contributed by atoms with Gasteiger partial charge in [0.05, 0.1) is 50.5 Å². The molecule has 2 aromatic heterocycles. The Morgan fingerprint density at radius 1 is 0.853 bits per heavy atom. The van der Waals surface area contributed by atoms with Crippen LogP contribution in [-0.2, 0) is 19.1 Å². The Morgan fingerprint density at radius 3 is 1.82 bits per heavy atom. The van der Waals surface area contributed by atoms with Crippen molar-refractivity contribution in [3.63, 3.8) is 0 Å². The van der Waals surface area contributed by atoms with Gasteiger partial charge in [0, 0.05) is 0 Å². The second-order valence-electron chi connectivity index (χ2n) is 7.69. The third-order valence-electron chi connectivity index (χ3n) is 5.23. The Labute approximate surface area is 206 Å². The van der Waals surface area contributed by atoms with E-state index in [1.165, 1.54) is 11.3 Å². The summed E-state index contributed by atoms with van der Waals surface area (Å²) in [6.07, 6.45) is 0. The van der Waals surface area contributed by atoms with E-state index in [1.54, 1.807) is 18.3 Å². The van der Waals surface area contributed by atoms with Crippen LogP contribution in [0.3, 0.4) is 0 Å². The molecule has 4 rings (SSSR count). The van der Waals surface area contributed by atoms with Crippen LogP contribution in [0.5, 0.6) is 0 Å². The standard InChI is InChI=1S/C13H15NO2S.C12H14N2O2S/c1-4-16-13(15)8(2)10-5-6-11-12(7-10)17-9(3)14-11;1-3-16-11(15)7(2)8-4-5-9-10(6-8)17-12(13)14-9/h5-8H,4H2,1-3H3;4-7H,3H2,1-2H3,(H2,13,14). The molecule has 0 amide bonds. The summed E-state index contributed by atoms with van der Waals surface area (Å²) in [5, 5.41) is 1.59. The molecule has 0 saturated heterocycles. The topological polar surface area (TPSA) is 104 Å². The summed E-state index contributed by atoms with van der Waals surface area (Å²) in [6, 6.07) is 11.7. The normalized spacial score (nSPS) is 12.6. The van der Waals surface area contributed by atoms with Gasteiger partial charge in [-0.1, -0.05) is 23.5 Å². The molecule has 2 atom stereocenters. The number of carbonyl (C=O) groups excluding carboxylic acids is 2. The number of hydrogen-bond donors (Lipinski definition) is 1. The van der Waals surface area contributed by atoms with Crippen molar-refractivity contribution >= 4 is 60.2 Å². The molecule has 0 aliphatic heterocycles. The van der Waals surface area contributed by atoms with E-state index < -0.39 is 0 Å². The highest BCUT2D eigenvalue weighted by atomic mass is 32.1. The second-order valence-corrected chi connectivity index (χ2v) is 9.98. The third kappa shape index (κ3) is 6.09. The van der Waals surface area contributed by atoms with Crippen LogP contribution in [-0.4, -0.2) is 35.1 Å². The zero-order valence-electron chi connectivity index (χ0n) is 20.0. The maximum absolute atomic E-state index is 11.7. The van der Waals surface area contributed by atoms with E-state index in [2.05, 4.69) is 9.97 Å². The molecule has 7 nitrogen and oxygen atoms in total. The van der Waals surface area contributed by atoms with Gasteiger partial charge in [0.25, 0.3) is 0 Å². The lowest BCUT2D eigenvalue weighted by molar-refractivity contribution is -0.145. The van der Waals surface area contributed by atoms with Crippen molar-refractivity contribution in [1.29, 1.82) is 0 Å². The van der Waals surface area contributed by atoms with Crippen LogP contribution < -0.4 is 5.73 Å². The Kier molecular flexibility index (Phi) is 8.57. The minimum atomic E-state index is -0.261. The molecule has 4 aromatic rings. The van der Waals surface area contributed by atoms with Crippen molar-refractivity contribution in [2.24, 2.45) is 0 Å². The molecule has 0 aliphatic rings. The Balaban J connectivity index is 0.000000191. The number of nitrogens with two attached hydrogens (primary N) is 1. The molecule has 2 heterocycles. The molecule has 2 aromatic carbocycles. The zero-order valence-corrected chi connectivity index (χ0v) is 21.6. The summed E-state index contributed by atoms with van der Waals surface area (Å²) in [5.74, 6) is -0.859. The Hall–Kier alpha value is -3.04. The molecule has 0 aliphatic carbocycles. The van der Waals surface area contributed by atoms with Crippen LogP contribution in [0.15, 0.2) is 36.4 Å². The van der Waals surface area contributed by atoms with Crippen LogP contribution in [0.1, 0.15) is 55.7 Å². The van der Waals surface area contributed by atoms with Crippen molar-refractivity contribution in [3.8, 4) is 0 Å². The van der Waals surface area contributed by atoms with Crippen molar-refractivity contribution in [2.45, 2.75) is 46.5 Å². The van der Waals surface area contributed by atoms with Gasteiger partial charge >= 0.3 is 11.9 Å². The number of benzene rings is 2. The lowest BCUT2D eigenvalue weighted by Gasteiger charge is -2.10. The van der Waals surface area contributed by atoms with Gasteiger partial charge in [-0.05, 0) is 70.0 Å². The molecule has 2 N–H and O–H groups in total. The first-order valence-electron chi connectivity index (χ1n) is 11.1. The molecule has 2 unspecified atom stereocenters. The molecular formula is C25H29N3O4S2. The fraction of sp³-hybridized carbons (Fsp3) is 0.360. The summed E-state index contributed by atoms with van der Waals surface area (Å²) in [5.41, 5.74) is 9.42. The number of nitrogens with zero attached hydrogens (tertiary/aromatic N) is 2. The fourth-order valence-corrected chi connectivity index (χ4v) is 5.02. The highest BCUT2D eigenvalue weighted by Gasteiger charge is 2.18. The number of fused-ring (bicyclic) bond motifs is 2. The van der Waals surface area contributed by atoms with Gasteiger partial charge < -0.3 is 15.2 Å². The minimum Gasteiger partial charge on any atom is -0.466 e. The van der Waals surface area contributed by atoms with Gasteiger partial charge in [0.1, 0.15) is 0 Å². The van der Waals surface area contributed by atoms with Crippen LogP contribution >= 0.6 is 22.7 Å². The number of thiazole rings is 2. The lowest BCUT2D eigenvalue weighted by Crippen LogP contribution is -2.12. The molecule has 0 fully saturated rings. The van der Waals surface area contributed by atoms with Gasteiger partial charge in [0.2, 0.25) is 0 Å². The molecule has 0 spiro atoms. The highest BCUT2D eigenvalue weighted by Crippen LogP contribution is 2.28. The molecule has 180 valence electrons. The highest BCUT2D eigenvalue weighted by molar-refractivity contribution is 7.22. The molecule has 0 radical (unpaired) electrons. The quantitative estimate of drug-likeness (QED) is 0.333. The number of nitrogen functional groups attached to an aromatic ring is 1. The largest absolute Gasteiger partial charge is 0.466 e. The monoisotopic (exact) mass is 499 g/mol. The minimum absolute atomic E-state index is 0.173. The van der Waals surface area contributed by atoms with E-state index in [0.717, 1.165) is 36.6 Å². The van der Waals surface area contributed by atoms with Crippen LogP contribution in [0.2, 0.25) is 0 Å². The summed E-state index contributed by atoms with van der Waals surface area (Å²) in [7, 11) is 0. The smallest absolute Gasteiger partial charge is 0.313 e. The first-order chi connectivity index (χ1) is 16.2. The third-order valence-corrected chi connectivity index (χ3v) is 7.01. The molecule has 0 saturated carbocycles. The lowest BCUT2D eigenvalue weighted by atomic mass is 10.0. The van der Waals surface area contributed by atoms with Gasteiger partial charge in [-0.3, -0.25) is 9.59 Å². The summed E-state index contributed by atoms with van der Waals surface area (Å²) < 4.78 is 12.1. The van der Waals surface area contributed by atoms with Gasteiger partial charge in [-0.15, -0.1) is 11.3 Å². The Morgan fingerprint density at radius 2 is 1.32 bits per heavy atom. The maximum atomic E-state index is 11.7. The Bertz CT molecular complexity index is 1200. The van der Waals surface area contributed by atoms with E-state index in [1.807, 2.05) is 64.1 Å². The average Bonchev–Trinajstić information content (AvgIpc) is 3.37. The van der Waals surface area contributed by atoms with E-state index in [4.69, 9.17) is 15.2 Å². The average molecular weight is 500 g/mol. The van der Waals surface area contributed by atoms with E-state index >= 15 is 0 Å². The molecule has 34 heavy (non-hydrogen) atoms. The van der Waals surface area contributed by atoms with E-state index in [9.17, 15) is 9.59 Å². The number of anilines is 1. The SMILES string of the molecule is CCOC(=O)C(C)c1ccc2nc(C)sc2c1.CCOC(=O)C(C)c1ccc2nc(N)sc2c1. The van der Waals surface area contributed by atoms with E-state index in [0.29, 0.717) is 18.3 Å². The predicted octanol–water partition coefficient (Wildman–Crippen LogP) is 5.82. The van der Waals surface area contributed by atoms with E-state index in [-0.39, 0.29) is 23.8 Å². The van der Waals surface area contributed by atoms with Crippen LogP contribution in [0.4, 0.5) is 5.13 Å². The van der Waals surface area contributed by atoms with Crippen molar-refractivity contribution < 1.29 is 19.1 Å². The summed E-state index contributed by atoms with van der Waals surface area (Å²) in [6.45, 7) is 10.1. The first-order valence-corrected chi connectivity index (χ1v) is 12.7. The summed E-state index contributed by atoms with van der Waals surface area (Å²) >= 11 is 3.07. The molecular weight excluding hydrogens is 470 g/mol. The van der Waals surface area contributed by atoms with Crippen LogP contribution in [0, 0.1) is 6.92 Å². The number of hydrogen-bond acceptors (Lipinski definition) is 9. The summed E-state index contributed by atoms with van der Waals surface area (Å²) in [4.78, 5) is 31.8. The zero-order chi connectivity index (χ0) is 24.8. The number of aryl methyl sites for hydroxylation is 1. The number of rotatable bonds is 6. The number of esters is 2. The first kappa shape index (κ1) is 25.6. The number of carbonyl (C=O) groups is 2. The maximum Gasteiger partial charge on any atom is 0.313 e. The van der Waals surface area contributed by atoms with Crippen molar-refractivity contribution in [1.82, 2.24) is 9.97 Å². The fourth-order valence-electron chi connectivity index (χ4n) is 3.36. The van der Waals surface area contributed by atoms with Crippen molar-refractivity contribution in [3.05, 3.63) is 52.5 Å². The van der Waals surface area contributed by atoms with Crippen LogP contribution in [0.25, 0.3) is 20.4 Å². The van der Waals surface area contributed by atoms with Gasteiger partial charge in [-0.2, -0.15) is 0 Å². The number of aromatic nitrogens is 2. The predicted molar refractivity (Wildman–Crippen MR) is 138 cm³/mol. The van der Waals surface area contributed by atoms with Gasteiger partial charge in [0.15, 0.2) is 5.13 Å². The molecule has 9 heteroatoms. The van der Waals surface area contributed by atoms with Crippen molar-refractivity contribution in [2.75, 3.05) is 18.9 Å².